The van der Waals surface area contributed by atoms with Crippen LogP contribution in [0.5, 0.6) is 0 Å². The first-order valence-electron chi connectivity index (χ1n) is 13.6. The lowest BCUT2D eigenvalue weighted by atomic mass is 9.94. The lowest BCUT2D eigenvalue weighted by Gasteiger charge is -2.27. The van der Waals surface area contributed by atoms with Crippen molar-refractivity contribution in [3.05, 3.63) is 89.5 Å². The molecule has 182 valence electrons. The molecule has 3 unspecified atom stereocenters. The van der Waals surface area contributed by atoms with E-state index in [1.54, 1.807) is 0 Å². The molecule has 3 aromatic rings. The number of rotatable bonds is 12. The average molecular weight is 456 g/mol. The molecule has 0 aliphatic heterocycles. The molecule has 0 saturated carbocycles. The van der Waals surface area contributed by atoms with E-state index >= 15 is 0 Å². The normalized spacial score (nSPS) is 13.9. The van der Waals surface area contributed by atoms with Gasteiger partial charge in [-0.3, -0.25) is 0 Å². The quantitative estimate of drug-likeness (QED) is 0.262. The fourth-order valence-corrected chi connectivity index (χ4v) is 4.83. The average Bonchev–Trinajstić information content (AvgIpc) is 2.88. The number of nitrogens with zero attached hydrogens (tertiary/aromatic N) is 1. The summed E-state index contributed by atoms with van der Waals surface area (Å²) in [6, 6.07) is 27.6. The Hall–Kier alpha value is -2.54. The zero-order valence-corrected chi connectivity index (χ0v) is 22.4. The van der Waals surface area contributed by atoms with E-state index in [9.17, 15) is 0 Å². The van der Waals surface area contributed by atoms with Gasteiger partial charge in [0, 0.05) is 17.1 Å². The lowest BCUT2D eigenvalue weighted by molar-refractivity contribution is 0.624. The van der Waals surface area contributed by atoms with Crippen LogP contribution in [0.3, 0.4) is 0 Å². The topological polar surface area (TPSA) is 3.24 Å². The molecule has 0 heterocycles. The summed E-state index contributed by atoms with van der Waals surface area (Å²) in [5.74, 6) is 1.77. The predicted molar refractivity (Wildman–Crippen MR) is 151 cm³/mol. The number of anilines is 3. The molecule has 0 aliphatic rings. The molecule has 3 aromatic carbocycles. The predicted octanol–water partition coefficient (Wildman–Crippen LogP) is 10.9. The van der Waals surface area contributed by atoms with Crippen molar-refractivity contribution in [3.8, 4) is 0 Å². The van der Waals surface area contributed by atoms with E-state index in [-0.39, 0.29) is 0 Å². The third kappa shape index (κ3) is 6.53. The van der Waals surface area contributed by atoms with Gasteiger partial charge in [-0.2, -0.15) is 0 Å². The Morgan fingerprint density at radius 2 is 1.12 bits per heavy atom. The summed E-state index contributed by atoms with van der Waals surface area (Å²) < 4.78 is 0. The molecule has 3 rings (SSSR count). The third-order valence-electron chi connectivity index (χ3n) is 7.46. The first-order chi connectivity index (χ1) is 16.5. The Labute approximate surface area is 209 Å². The van der Waals surface area contributed by atoms with Crippen molar-refractivity contribution < 1.29 is 0 Å². The SMILES string of the molecule is CCCCC(C)c1cccc(N(c2ccc(C(C)CC)cc2)c2ccc(C(C)CCC)cc2)c1. The highest BCUT2D eigenvalue weighted by Crippen LogP contribution is 2.37. The van der Waals surface area contributed by atoms with Crippen LogP contribution in [0.25, 0.3) is 0 Å². The highest BCUT2D eigenvalue weighted by molar-refractivity contribution is 5.77. The molecular weight excluding hydrogens is 410 g/mol. The molecule has 0 bridgehead atoms. The van der Waals surface area contributed by atoms with Gasteiger partial charge in [0.1, 0.15) is 0 Å². The van der Waals surface area contributed by atoms with E-state index in [0.717, 1.165) is 6.42 Å². The molecule has 0 aliphatic carbocycles. The lowest BCUT2D eigenvalue weighted by Crippen LogP contribution is -2.11. The van der Waals surface area contributed by atoms with Crippen molar-refractivity contribution in [2.75, 3.05) is 4.90 Å². The van der Waals surface area contributed by atoms with Crippen LogP contribution < -0.4 is 4.90 Å². The van der Waals surface area contributed by atoms with Crippen LogP contribution >= 0.6 is 0 Å². The monoisotopic (exact) mass is 455 g/mol. The number of unbranched alkanes of at least 4 members (excludes halogenated alkanes) is 1. The van der Waals surface area contributed by atoms with Gasteiger partial charge in [0.25, 0.3) is 0 Å². The van der Waals surface area contributed by atoms with Crippen molar-refractivity contribution in [1.82, 2.24) is 0 Å². The molecule has 0 amide bonds. The fourth-order valence-electron chi connectivity index (χ4n) is 4.83. The van der Waals surface area contributed by atoms with Crippen LogP contribution in [0.2, 0.25) is 0 Å². The summed E-state index contributed by atoms with van der Waals surface area (Å²) in [6.45, 7) is 13.8. The van der Waals surface area contributed by atoms with E-state index in [0.29, 0.717) is 17.8 Å². The summed E-state index contributed by atoms with van der Waals surface area (Å²) in [5, 5.41) is 0. The van der Waals surface area contributed by atoms with Gasteiger partial charge in [0.15, 0.2) is 0 Å². The molecule has 34 heavy (non-hydrogen) atoms. The summed E-state index contributed by atoms with van der Waals surface area (Å²) >= 11 is 0. The summed E-state index contributed by atoms with van der Waals surface area (Å²) in [5.41, 5.74) is 7.96. The maximum absolute atomic E-state index is 2.42. The van der Waals surface area contributed by atoms with Crippen LogP contribution in [-0.2, 0) is 0 Å². The Bertz CT molecular complexity index is 986. The second-order valence-electron chi connectivity index (χ2n) is 10.2. The highest BCUT2D eigenvalue weighted by Gasteiger charge is 2.16. The van der Waals surface area contributed by atoms with Crippen molar-refractivity contribution in [3.63, 3.8) is 0 Å². The van der Waals surface area contributed by atoms with Gasteiger partial charge < -0.3 is 4.90 Å². The summed E-state index contributed by atoms with van der Waals surface area (Å²) in [6.07, 6.45) is 7.40. The third-order valence-corrected chi connectivity index (χ3v) is 7.46. The maximum atomic E-state index is 2.42. The Kier molecular flexibility index (Phi) is 9.81. The smallest absolute Gasteiger partial charge is 0.0464 e. The molecule has 0 spiro atoms. The zero-order chi connectivity index (χ0) is 24.5. The van der Waals surface area contributed by atoms with Crippen LogP contribution in [0.4, 0.5) is 17.1 Å². The molecule has 0 saturated heterocycles. The fraction of sp³-hybridized carbons (Fsp3) is 0.455. The van der Waals surface area contributed by atoms with Gasteiger partial charge in [0.05, 0.1) is 0 Å². The van der Waals surface area contributed by atoms with E-state index in [2.05, 4.69) is 119 Å². The maximum Gasteiger partial charge on any atom is 0.0464 e. The standard InChI is InChI=1S/C33H45N/c1-7-10-13-27(6)30-14-11-15-33(24-30)34(31-20-16-28(17-21-31)25(4)9-3)32-22-18-29(19-23-32)26(5)12-8-2/h11,14-27H,7-10,12-13H2,1-6H3. The highest BCUT2D eigenvalue weighted by atomic mass is 15.1. The van der Waals surface area contributed by atoms with Crippen molar-refractivity contribution in [2.45, 2.75) is 97.8 Å². The summed E-state index contributed by atoms with van der Waals surface area (Å²) in [4.78, 5) is 2.42. The van der Waals surface area contributed by atoms with Gasteiger partial charge >= 0.3 is 0 Å². The van der Waals surface area contributed by atoms with Crippen molar-refractivity contribution in [2.24, 2.45) is 0 Å². The molecule has 0 radical (unpaired) electrons. The number of hydrogen-bond acceptors (Lipinski definition) is 1. The molecule has 3 atom stereocenters. The van der Waals surface area contributed by atoms with Crippen LogP contribution in [0, 0.1) is 0 Å². The van der Waals surface area contributed by atoms with E-state index in [4.69, 9.17) is 0 Å². The number of hydrogen-bond donors (Lipinski definition) is 0. The largest absolute Gasteiger partial charge is 0.310 e. The Balaban J connectivity index is 2.01. The van der Waals surface area contributed by atoms with Gasteiger partial charge in [-0.15, -0.1) is 0 Å². The molecular formula is C33H45N. The van der Waals surface area contributed by atoms with Gasteiger partial charge in [-0.25, -0.2) is 0 Å². The second kappa shape index (κ2) is 12.8. The van der Waals surface area contributed by atoms with Gasteiger partial charge in [0.2, 0.25) is 0 Å². The first-order valence-corrected chi connectivity index (χ1v) is 13.6. The van der Waals surface area contributed by atoms with E-state index < -0.39 is 0 Å². The van der Waals surface area contributed by atoms with E-state index in [1.807, 2.05) is 0 Å². The molecule has 0 fully saturated rings. The van der Waals surface area contributed by atoms with Crippen molar-refractivity contribution in [1.29, 1.82) is 0 Å². The molecule has 0 aromatic heterocycles. The molecule has 0 N–H and O–H groups in total. The zero-order valence-electron chi connectivity index (χ0n) is 22.4. The van der Waals surface area contributed by atoms with Crippen LogP contribution in [-0.4, -0.2) is 0 Å². The first kappa shape index (κ1) is 26.1. The minimum absolute atomic E-state index is 0.576. The van der Waals surface area contributed by atoms with Crippen molar-refractivity contribution >= 4 is 17.1 Å². The number of benzene rings is 3. The molecule has 1 nitrogen and oxygen atoms in total. The Morgan fingerprint density at radius 1 is 0.559 bits per heavy atom. The van der Waals surface area contributed by atoms with Gasteiger partial charge in [-0.1, -0.05) is 97.2 Å². The van der Waals surface area contributed by atoms with Crippen LogP contribution in [0.15, 0.2) is 72.8 Å². The van der Waals surface area contributed by atoms with E-state index in [1.165, 1.54) is 65.9 Å². The van der Waals surface area contributed by atoms with Crippen LogP contribution in [0.1, 0.15) is 115 Å². The summed E-state index contributed by atoms with van der Waals surface area (Å²) in [7, 11) is 0. The minimum atomic E-state index is 0.576. The second-order valence-corrected chi connectivity index (χ2v) is 10.2. The minimum Gasteiger partial charge on any atom is -0.310 e. The Morgan fingerprint density at radius 3 is 1.65 bits per heavy atom. The molecule has 1 heteroatoms. The van der Waals surface area contributed by atoms with Gasteiger partial charge in [-0.05, 0) is 90.1 Å².